The summed E-state index contributed by atoms with van der Waals surface area (Å²) in [6.07, 6.45) is 0. The van der Waals surface area contributed by atoms with Crippen molar-refractivity contribution in [1.82, 2.24) is 0 Å². The fourth-order valence-electron chi connectivity index (χ4n) is 0.578. The Morgan fingerprint density at radius 1 is 0.833 bits per heavy atom. The molecule has 0 unspecified atom stereocenters. The maximum Gasteiger partial charge on any atom is 0.157 e. The summed E-state index contributed by atoms with van der Waals surface area (Å²) in [4.78, 5) is 0. The second-order valence-electron chi connectivity index (χ2n) is 1.88. The number of hydrogen-bond donors (Lipinski definition) is 0. The molecule has 1 aromatic carbocycles. The Kier molecular flexibility index (Phi) is 3.82. The molecule has 0 radical (unpaired) electrons. The molecule has 0 amide bonds. The first-order chi connectivity index (χ1) is 5.46. The molecule has 0 aromatic heterocycles. The Bertz CT molecular complexity index is 236. The molecule has 0 aliphatic heterocycles. The molecule has 6 heteroatoms. The Hall–Kier alpha value is 1.12. The molecule has 0 heterocycles. The minimum atomic E-state index is -0.673. The predicted molar refractivity (Wildman–Crippen MR) is 61.8 cm³/mol. The Labute approximate surface area is 105 Å². The fourth-order valence-corrected chi connectivity index (χ4v) is 2.26. The topological polar surface area (TPSA) is 0 Å². The van der Waals surface area contributed by atoms with Crippen molar-refractivity contribution in [1.29, 1.82) is 0 Å². The molecule has 66 valence electrons. The summed E-state index contributed by atoms with van der Waals surface area (Å²) in [5.41, 5.74) is 0. The van der Waals surface area contributed by atoms with E-state index in [1.165, 1.54) is 0 Å². The maximum atomic E-state index is 13.0. The van der Waals surface area contributed by atoms with Crippen LogP contribution in [0.1, 0.15) is 0 Å². The third kappa shape index (κ3) is 1.80. The Morgan fingerprint density at radius 2 is 1.08 bits per heavy atom. The zero-order valence-corrected chi connectivity index (χ0v) is 11.1. The van der Waals surface area contributed by atoms with E-state index in [0.717, 1.165) is 0 Å². The van der Waals surface area contributed by atoms with Gasteiger partial charge in [0, 0.05) is 0 Å². The molecule has 0 nitrogen and oxygen atoms in total. The van der Waals surface area contributed by atoms with Gasteiger partial charge in [-0.3, -0.25) is 0 Å². The lowest BCUT2D eigenvalue weighted by Gasteiger charge is -2.04. The summed E-state index contributed by atoms with van der Waals surface area (Å²) in [5.74, 6) is -1.35. The van der Waals surface area contributed by atoms with Crippen LogP contribution in [0.2, 0.25) is 10.0 Å². The van der Waals surface area contributed by atoms with Crippen molar-refractivity contribution in [2.45, 2.75) is 0 Å². The van der Waals surface area contributed by atoms with Gasteiger partial charge in [-0.05, 0) is 45.2 Å². The molecule has 1 rings (SSSR count). The van der Waals surface area contributed by atoms with Gasteiger partial charge in [0.15, 0.2) is 11.6 Å². The van der Waals surface area contributed by atoms with Gasteiger partial charge in [0.2, 0.25) is 0 Å². The van der Waals surface area contributed by atoms with Gasteiger partial charge in [-0.1, -0.05) is 23.2 Å². The summed E-state index contributed by atoms with van der Waals surface area (Å²) in [6, 6.07) is 0. The lowest BCUT2D eigenvalue weighted by atomic mass is 10.3. The molecule has 12 heavy (non-hydrogen) atoms. The van der Waals surface area contributed by atoms with Crippen LogP contribution in [0, 0.1) is 18.8 Å². The van der Waals surface area contributed by atoms with Crippen LogP contribution in [0.25, 0.3) is 0 Å². The molecular formula is C6Cl2F2I2. The lowest BCUT2D eigenvalue weighted by Crippen LogP contribution is -1.94. The normalized spacial score (nSPS) is 10.5. The molecular weight excluding hydrogens is 435 g/mol. The molecule has 0 fully saturated rings. The van der Waals surface area contributed by atoms with Crippen LogP contribution in [0.15, 0.2) is 0 Å². The second kappa shape index (κ2) is 4.10. The van der Waals surface area contributed by atoms with Crippen molar-refractivity contribution in [2.24, 2.45) is 0 Å². The van der Waals surface area contributed by atoms with Crippen LogP contribution in [-0.4, -0.2) is 0 Å². The van der Waals surface area contributed by atoms with E-state index in [-0.39, 0.29) is 17.2 Å². The van der Waals surface area contributed by atoms with Crippen LogP contribution in [0.3, 0.4) is 0 Å². The van der Waals surface area contributed by atoms with E-state index in [4.69, 9.17) is 23.2 Å². The molecule has 0 spiro atoms. The average molecular weight is 435 g/mol. The molecule has 0 N–H and O–H groups in total. The minimum absolute atomic E-state index is 0.0113. The van der Waals surface area contributed by atoms with Gasteiger partial charge >= 0.3 is 0 Å². The molecule has 0 atom stereocenters. The second-order valence-corrected chi connectivity index (χ2v) is 4.80. The first-order valence-electron chi connectivity index (χ1n) is 2.63. The van der Waals surface area contributed by atoms with Crippen LogP contribution >= 0.6 is 68.4 Å². The first-order valence-corrected chi connectivity index (χ1v) is 5.55. The van der Waals surface area contributed by atoms with Crippen LogP contribution < -0.4 is 0 Å². The molecule has 0 saturated heterocycles. The number of hydrogen-bond acceptors (Lipinski definition) is 0. The number of halogens is 6. The zero-order chi connectivity index (χ0) is 9.46. The first kappa shape index (κ1) is 11.2. The third-order valence-corrected chi connectivity index (χ3v) is 4.53. The van der Waals surface area contributed by atoms with Gasteiger partial charge in [0.1, 0.15) is 0 Å². The summed E-state index contributed by atoms with van der Waals surface area (Å²) in [6.45, 7) is 0. The summed E-state index contributed by atoms with van der Waals surface area (Å²) in [7, 11) is 0. The van der Waals surface area contributed by atoms with Crippen molar-refractivity contribution in [3.8, 4) is 0 Å². The highest BCUT2D eigenvalue weighted by molar-refractivity contribution is 14.1. The average Bonchev–Trinajstić information content (AvgIpc) is 2.08. The number of rotatable bonds is 0. The van der Waals surface area contributed by atoms with Crippen molar-refractivity contribution in [3.63, 3.8) is 0 Å². The highest BCUT2D eigenvalue weighted by Gasteiger charge is 2.19. The summed E-state index contributed by atoms with van der Waals surface area (Å²) in [5, 5.41) is -0.441. The summed E-state index contributed by atoms with van der Waals surface area (Å²) < 4.78 is 26.1. The highest BCUT2D eigenvalue weighted by atomic mass is 127. The Morgan fingerprint density at radius 3 is 1.33 bits per heavy atom. The highest BCUT2D eigenvalue weighted by Crippen LogP contribution is 2.34. The van der Waals surface area contributed by atoms with E-state index < -0.39 is 11.6 Å². The lowest BCUT2D eigenvalue weighted by molar-refractivity contribution is 0.588. The molecule has 0 saturated carbocycles. The SMILES string of the molecule is Fc1c(Cl)c(I)c(F)c(Cl)c1I. The van der Waals surface area contributed by atoms with E-state index in [1.54, 1.807) is 45.2 Å². The molecule has 0 aliphatic rings. The van der Waals surface area contributed by atoms with Crippen molar-refractivity contribution in [2.75, 3.05) is 0 Å². The maximum absolute atomic E-state index is 13.0. The number of benzene rings is 1. The van der Waals surface area contributed by atoms with E-state index >= 15 is 0 Å². The van der Waals surface area contributed by atoms with E-state index in [9.17, 15) is 8.78 Å². The van der Waals surface area contributed by atoms with Gasteiger partial charge in [0.25, 0.3) is 0 Å². The third-order valence-electron chi connectivity index (χ3n) is 1.16. The van der Waals surface area contributed by atoms with Crippen molar-refractivity contribution >= 4 is 68.4 Å². The van der Waals surface area contributed by atoms with Crippen LogP contribution in [-0.2, 0) is 0 Å². The van der Waals surface area contributed by atoms with Gasteiger partial charge in [-0.2, -0.15) is 0 Å². The van der Waals surface area contributed by atoms with E-state index in [2.05, 4.69) is 0 Å². The van der Waals surface area contributed by atoms with Crippen LogP contribution in [0.4, 0.5) is 8.78 Å². The van der Waals surface area contributed by atoms with Gasteiger partial charge < -0.3 is 0 Å². The zero-order valence-electron chi connectivity index (χ0n) is 5.27. The molecule has 1 aromatic rings. The van der Waals surface area contributed by atoms with E-state index in [1.807, 2.05) is 0 Å². The van der Waals surface area contributed by atoms with Crippen LogP contribution in [0.5, 0.6) is 0 Å². The predicted octanol–water partition coefficient (Wildman–Crippen LogP) is 4.48. The Balaban J connectivity index is 3.60. The quantitative estimate of drug-likeness (QED) is 0.321. The summed E-state index contributed by atoms with van der Waals surface area (Å²) >= 11 is 14.2. The van der Waals surface area contributed by atoms with Gasteiger partial charge in [-0.15, -0.1) is 0 Å². The van der Waals surface area contributed by atoms with Crippen molar-refractivity contribution < 1.29 is 8.78 Å². The minimum Gasteiger partial charge on any atom is -0.204 e. The fraction of sp³-hybridized carbons (Fsp3) is 0. The molecule has 0 bridgehead atoms. The van der Waals surface area contributed by atoms with Gasteiger partial charge in [0.05, 0.1) is 17.2 Å². The van der Waals surface area contributed by atoms with Crippen molar-refractivity contribution in [3.05, 3.63) is 28.8 Å². The standard InChI is InChI=1S/C6Cl2F2I2/c7-1-3(9)6(12)2(8)4(10)5(1)11. The smallest absolute Gasteiger partial charge is 0.157 e. The monoisotopic (exact) mass is 434 g/mol. The van der Waals surface area contributed by atoms with Gasteiger partial charge in [-0.25, -0.2) is 8.78 Å². The largest absolute Gasteiger partial charge is 0.204 e. The van der Waals surface area contributed by atoms with E-state index in [0.29, 0.717) is 0 Å². The molecule has 0 aliphatic carbocycles.